The van der Waals surface area contributed by atoms with Crippen LogP contribution in [0.15, 0.2) is 84.9 Å². The molecule has 110 heavy (non-hydrogen) atoms. The third kappa shape index (κ3) is 23.8. The van der Waals surface area contributed by atoms with E-state index in [2.05, 4.69) is 69.9 Å². The van der Waals surface area contributed by atoms with Crippen LogP contribution in [0.2, 0.25) is 0 Å². The summed E-state index contributed by atoms with van der Waals surface area (Å²) in [6.07, 6.45) is -1.73. The zero-order chi connectivity index (χ0) is 80.4. The molecule has 0 aromatic heterocycles. The number of aryl methyl sites for hydroxylation is 2. The smallest absolute Gasteiger partial charge is 0.319 e. The van der Waals surface area contributed by atoms with Gasteiger partial charge >= 0.3 is 66.0 Å². The summed E-state index contributed by atoms with van der Waals surface area (Å²) in [5.74, 6) is -9.21. The van der Waals surface area contributed by atoms with Crippen LogP contribution < -0.4 is 63.8 Å². The maximum absolute atomic E-state index is 14.7. The first-order valence-electron chi connectivity index (χ1n) is 36.8. The lowest BCUT2D eigenvalue weighted by Gasteiger charge is -2.34. The van der Waals surface area contributed by atoms with Gasteiger partial charge in [0.25, 0.3) is 11.8 Å². The molecule has 1 heterocycles. The van der Waals surface area contributed by atoms with Crippen LogP contribution in [0.3, 0.4) is 0 Å². The second kappa shape index (κ2) is 40.0. The first-order valence-corrected chi connectivity index (χ1v) is 36.8. The fourth-order valence-electron chi connectivity index (χ4n) is 14.3. The lowest BCUT2D eigenvalue weighted by atomic mass is 9.83. The highest BCUT2D eigenvalue weighted by Gasteiger charge is 2.37. The zero-order valence-electron chi connectivity index (χ0n) is 62.5. The molecule has 12 amide bonds. The Morgan fingerprint density at radius 3 is 1.15 bits per heavy atom. The van der Waals surface area contributed by atoms with Crippen molar-refractivity contribution in [2.45, 2.75) is 201 Å². The molecule has 0 spiro atoms. The molecule has 4 bridgehead atoms. The molecule has 31 nitrogen and oxygen atoms in total. The summed E-state index contributed by atoms with van der Waals surface area (Å²) >= 11 is 0. The summed E-state index contributed by atoms with van der Waals surface area (Å²) in [6.45, 7) is 11.5. The number of carboxylic acids is 6. The maximum atomic E-state index is 14.7. The lowest BCUT2D eigenvalue weighted by Crippen LogP contribution is -2.49. The van der Waals surface area contributed by atoms with Crippen LogP contribution in [-0.4, -0.2) is 126 Å². The minimum Gasteiger partial charge on any atom is -0.481 e. The molecule has 0 saturated carbocycles. The molecule has 18 N–H and O–H groups in total. The van der Waals surface area contributed by atoms with E-state index < -0.39 is 127 Å². The number of carbonyl (C=O) groups excluding carboxylic acids is 7. The van der Waals surface area contributed by atoms with Crippen molar-refractivity contribution in [2.24, 2.45) is 0 Å². The van der Waals surface area contributed by atoms with Crippen LogP contribution in [0.4, 0.5) is 52.4 Å². The van der Waals surface area contributed by atoms with E-state index in [9.17, 15) is 93.0 Å². The minimum atomic E-state index is -1.65. The number of aliphatic carboxylic acids is 6. The number of amides is 12. The van der Waals surface area contributed by atoms with Gasteiger partial charge in [-0.1, -0.05) is 71.9 Å². The average Bonchev–Trinajstić information content (AvgIpc) is 0.767. The van der Waals surface area contributed by atoms with E-state index in [4.69, 9.17) is 0 Å². The van der Waals surface area contributed by atoms with Crippen molar-refractivity contribution in [3.63, 3.8) is 0 Å². The van der Waals surface area contributed by atoms with Gasteiger partial charge in [-0.05, 0) is 210 Å². The van der Waals surface area contributed by atoms with Gasteiger partial charge in [-0.3, -0.25) is 38.4 Å². The largest absolute Gasteiger partial charge is 0.481 e. The molecule has 0 saturated heterocycles. The molecule has 588 valence electrons. The topological polar surface area (TPSA) is 488 Å². The van der Waals surface area contributed by atoms with E-state index in [1.165, 1.54) is 42.5 Å². The molecule has 0 atom stereocenters. The molecular formula is C79H98N12O19. The first kappa shape index (κ1) is 84.9. The number of anilines is 5. The SMILES string of the molecule is CCc1cc(CC)c2c(CC)c1CCNC(=O)Nc1cc3ccccc3cc1NC(=O)NCc1c(CC)c(CNC(=O)Nc3ccc(C(=O)NC(CCC(=O)O)(CCC(=O)O)CCC(=O)O)cc3)c(CC)c(c1CC)CNC(=O)Nc1ccc(C(=O)NC(CCC(=O)O)(CCC(=O)O)CCC(=O)O)cc1NC(=O)NC2. The number of hydrogen-bond acceptors (Lipinski definition) is 13. The summed E-state index contributed by atoms with van der Waals surface area (Å²) in [7, 11) is 0. The molecule has 6 aromatic carbocycles. The van der Waals surface area contributed by atoms with Crippen molar-refractivity contribution in [3.05, 3.63) is 157 Å². The molecule has 0 aliphatic carbocycles. The van der Waals surface area contributed by atoms with Gasteiger partial charge in [-0.2, -0.15) is 0 Å². The number of urea groups is 5. The third-order valence-electron chi connectivity index (χ3n) is 19.8. The van der Waals surface area contributed by atoms with E-state index in [0.29, 0.717) is 67.3 Å². The van der Waals surface area contributed by atoms with Gasteiger partial charge in [0.1, 0.15) is 0 Å². The van der Waals surface area contributed by atoms with Crippen molar-refractivity contribution in [2.75, 3.05) is 33.1 Å². The van der Waals surface area contributed by atoms with Crippen LogP contribution in [0, 0.1) is 0 Å². The second-order valence-electron chi connectivity index (χ2n) is 26.9. The Hall–Kier alpha value is -12.3. The third-order valence-corrected chi connectivity index (χ3v) is 19.8. The Morgan fingerprint density at radius 1 is 0.382 bits per heavy atom. The van der Waals surface area contributed by atoms with E-state index in [0.717, 1.165) is 55.3 Å². The normalized spacial score (nSPS) is 13.1. The van der Waals surface area contributed by atoms with Gasteiger partial charge in [0, 0.05) is 99.1 Å². The van der Waals surface area contributed by atoms with Crippen molar-refractivity contribution >= 4 is 117 Å². The highest BCUT2D eigenvalue weighted by atomic mass is 16.4. The molecule has 7 rings (SSSR count). The number of hydrogen-bond donors (Lipinski definition) is 18. The van der Waals surface area contributed by atoms with Crippen molar-refractivity contribution in [3.8, 4) is 0 Å². The summed E-state index contributed by atoms with van der Waals surface area (Å²) in [5, 5.41) is 93.8. The van der Waals surface area contributed by atoms with Crippen molar-refractivity contribution in [1.82, 2.24) is 37.2 Å². The molecule has 1 aliphatic heterocycles. The quantitative estimate of drug-likeness (QED) is 0.0192. The summed E-state index contributed by atoms with van der Waals surface area (Å²) in [5.41, 5.74) is 6.19. The predicted molar refractivity (Wildman–Crippen MR) is 412 cm³/mol. The lowest BCUT2D eigenvalue weighted by molar-refractivity contribution is -0.140. The highest BCUT2D eigenvalue weighted by Crippen LogP contribution is 2.35. The van der Waals surface area contributed by atoms with Crippen LogP contribution in [-0.2, 0) is 99.9 Å². The summed E-state index contributed by atoms with van der Waals surface area (Å²) in [6, 6.07) is 18.9. The molecule has 1 aliphatic rings. The Morgan fingerprint density at radius 2 is 0.745 bits per heavy atom. The van der Waals surface area contributed by atoms with E-state index in [1.807, 2.05) is 65.8 Å². The Balaban J connectivity index is 1.29. The van der Waals surface area contributed by atoms with Crippen LogP contribution in [0.5, 0.6) is 0 Å². The molecule has 0 unspecified atom stereocenters. The van der Waals surface area contributed by atoms with Gasteiger partial charge in [0.2, 0.25) is 0 Å². The van der Waals surface area contributed by atoms with Crippen LogP contribution in [0.25, 0.3) is 10.8 Å². The number of nitrogens with one attached hydrogen (secondary N) is 12. The van der Waals surface area contributed by atoms with Gasteiger partial charge < -0.3 is 94.4 Å². The highest BCUT2D eigenvalue weighted by molar-refractivity contribution is 6.05. The Bertz CT molecular complexity index is 4370. The molecule has 31 heteroatoms. The number of fused-ring (bicyclic) bond motifs is 7. The van der Waals surface area contributed by atoms with E-state index >= 15 is 0 Å². The minimum absolute atomic E-state index is 0.00414. The fourth-order valence-corrected chi connectivity index (χ4v) is 14.3. The van der Waals surface area contributed by atoms with Gasteiger partial charge in [-0.25, -0.2) is 24.0 Å². The van der Waals surface area contributed by atoms with Crippen LogP contribution in [0.1, 0.15) is 201 Å². The maximum Gasteiger partial charge on any atom is 0.319 e. The number of rotatable bonds is 31. The molecule has 6 aromatic rings. The Labute approximate surface area is 635 Å². The predicted octanol–water partition coefficient (Wildman–Crippen LogP) is 11.3. The second-order valence-corrected chi connectivity index (χ2v) is 26.9. The number of benzene rings is 6. The summed E-state index contributed by atoms with van der Waals surface area (Å²) < 4.78 is 0. The number of carbonyl (C=O) groups is 13. The van der Waals surface area contributed by atoms with Gasteiger partial charge in [0.15, 0.2) is 0 Å². The first-order chi connectivity index (χ1) is 52.5. The Kier molecular flexibility index (Phi) is 30.9. The number of carboxylic acid groups (broad SMARTS) is 6. The van der Waals surface area contributed by atoms with E-state index in [-0.39, 0.29) is 105 Å². The van der Waals surface area contributed by atoms with Gasteiger partial charge in [0.05, 0.1) is 22.7 Å². The van der Waals surface area contributed by atoms with Gasteiger partial charge in [-0.15, -0.1) is 0 Å². The molecular weight excluding hydrogens is 1420 g/mol. The molecule has 0 fully saturated rings. The zero-order valence-corrected chi connectivity index (χ0v) is 62.5. The van der Waals surface area contributed by atoms with Crippen molar-refractivity contribution in [1.29, 1.82) is 0 Å². The van der Waals surface area contributed by atoms with Crippen molar-refractivity contribution < 1.29 is 93.0 Å². The standard InChI is InChI=1S/C79H98N12O19/c1-7-45-37-46(8-2)57-41-81-76(109)87-62-40-50(72(105)91-79(33-26-68(98)99,34-27-69(100)101)35-28-70(102)103)19-22-61(62)86-75(108)83-43-59-53(10-4)58(42-82-74(107)85-51-20-17-47(18-21-51)71(104)90-78(30-23-65(92)93,31-24-66(94)95)32-25-67(96)97)54(11-5)60(55(59)12-6)44-84-77(110)89-64-39-49-16-14-13-15-48(49)38-63(64)88-73(106)80-36-29-56(45)52(57)9-3/h13-22,37-40H,7-12,23-36,41-44H2,1-6H3,(H,90,104)(H,91,105)(H,92,93)(H,94,95)(H,96,97)(H,98,99)(H,100,101)(H,102,103)(H2,80,88,106)(H2,81,87,109)(H2,82,85,107)(H2,83,86,108)(H2,84,89,110). The summed E-state index contributed by atoms with van der Waals surface area (Å²) in [4.78, 5) is 171. The fraction of sp³-hybridized carbons (Fsp3) is 0.405. The average molecular weight is 1520 g/mol. The van der Waals surface area contributed by atoms with E-state index in [1.54, 1.807) is 12.1 Å². The van der Waals surface area contributed by atoms with Crippen LogP contribution >= 0.6 is 0 Å². The molecule has 0 radical (unpaired) electrons. The monoisotopic (exact) mass is 1520 g/mol.